The molecule has 0 aromatic heterocycles. The highest BCUT2D eigenvalue weighted by molar-refractivity contribution is 5.75. The predicted molar refractivity (Wildman–Crippen MR) is 73.3 cm³/mol. The molecule has 2 rings (SSSR count). The number of carboxylic acids is 1. The number of carbonyl (C=O) groups is 2. The molecule has 6 nitrogen and oxygen atoms in total. The lowest BCUT2D eigenvalue weighted by atomic mass is 9.95. The van der Waals surface area contributed by atoms with Gasteiger partial charge in [-0.25, -0.2) is 4.79 Å². The first kappa shape index (κ1) is 15.1. The number of likely N-dealkylation sites (tertiary alicyclic amines) is 1. The van der Waals surface area contributed by atoms with E-state index >= 15 is 0 Å². The van der Waals surface area contributed by atoms with E-state index < -0.39 is 11.6 Å². The van der Waals surface area contributed by atoms with Gasteiger partial charge in [-0.3, -0.25) is 4.79 Å². The zero-order valence-corrected chi connectivity index (χ0v) is 12.0. The van der Waals surface area contributed by atoms with Crippen LogP contribution in [0.25, 0.3) is 0 Å². The number of urea groups is 1. The van der Waals surface area contributed by atoms with Crippen LogP contribution < -0.4 is 5.32 Å². The molecule has 3 unspecified atom stereocenters. The summed E-state index contributed by atoms with van der Waals surface area (Å²) in [5.74, 6) is -1.07. The number of carbonyl (C=O) groups excluding carboxylic acids is 1. The number of piperidine rings is 1. The molecule has 0 bridgehead atoms. The van der Waals surface area contributed by atoms with Crippen LogP contribution in [0.2, 0.25) is 0 Å². The number of aliphatic carboxylic acids is 1. The number of hydrogen-bond donors (Lipinski definition) is 3. The molecule has 1 saturated carbocycles. The number of nitrogens with zero attached hydrogens (tertiary/aromatic N) is 1. The van der Waals surface area contributed by atoms with E-state index in [9.17, 15) is 14.7 Å². The number of amides is 2. The molecule has 2 amide bonds. The molecule has 6 heteroatoms. The lowest BCUT2D eigenvalue weighted by Crippen LogP contribution is -2.52. The van der Waals surface area contributed by atoms with Crippen LogP contribution in [-0.4, -0.2) is 52.3 Å². The molecular formula is C14H24N2O4. The molecular weight excluding hydrogens is 260 g/mol. The van der Waals surface area contributed by atoms with Crippen LogP contribution in [0.3, 0.4) is 0 Å². The van der Waals surface area contributed by atoms with Crippen LogP contribution in [0.5, 0.6) is 0 Å². The molecule has 3 N–H and O–H groups in total. The highest BCUT2D eigenvalue weighted by Gasteiger charge is 2.34. The summed E-state index contributed by atoms with van der Waals surface area (Å²) in [6, 6.07) is -0.194. The highest BCUT2D eigenvalue weighted by atomic mass is 16.4. The van der Waals surface area contributed by atoms with Gasteiger partial charge in [-0.2, -0.15) is 0 Å². The second kappa shape index (κ2) is 5.99. The summed E-state index contributed by atoms with van der Waals surface area (Å²) in [5.41, 5.74) is -0.813. The fraction of sp³-hybridized carbons (Fsp3) is 0.857. The SMILES string of the molecule is CC1(O)CCCN(C(=O)NCC2CCCC2C(=O)O)C1. The third kappa shape index (κ3) is 3.62. The lowest BCUT2D eigenvalue weighted by Gasteiger charge is -2.37. The Morgan fingerprint density at radius 3 is 2.75 bits per heavy atom. The summed E-state index contributed by atoms with van der Waals surface area (Å²) in [4.78, 5) is 24.8. The van der Waals surface area contributed by atoms with Crippen LogP contribution in [-0.2, 0) is 4.79 Å². The molecule has 2 fully saturated rings. The summed E-state index contributed by atoms with van der Waals surface area (Å²) < 4.78 is 0. The van der Waals surface area contributed by atoms with Gasteiger partial charge in [0.2, 0.25) is 0 Å². The summed E-state index contributed by atoms with van der Waals surface area (Å²) in [7, 11) is 0. The van der Waals surface area contributed by atoms with Crippen LogP contribution in [0.15, 0.2) is 0 Å². The molecule has 2 aliphatic rings. The Morgan fingerprint density at radius 1 is 1.35 bits per heavy atom. The van der Waals surface area contributed by atoms with Crippen LogP contribution in [0.1, 0.15) is 39.0 Å². The first-order valence-electron chi connectivity index (χ1n) is 7.37. The van der Waals surface area contributed by atoms with Gasteiger partial charge in [0.05, 0.1) is 18.1 Å². The molecule has 0 aromatic rings. The van der Waals surface area contributed by atoms with Crippen molar-refractivity contribution in [2.45, 2.75) is 44.6 Å². The van der Waals surface area contributed by atoms with E-state index in [1.807, 2.05) is 0 Å². The number of hydrogen-bond acceptors (Lipinski definition) is 3. The summed E-state index contributed by atoms with van der Waals surface area (Å²) in [5, 5.41) is 21.9. The first-order valence-corrected chi connectivity index (χ1v) is 7.37. The van der Waals surface area contributed by atoms with Gasteiger partial charge in [-0.1, -0.05) is 6.42 Å². The molecule has 0 spiro atoms. The van der Waals surface area contributed by atoms with E-state index in [2.05, 4.69) is 5.32 Å². The molecule has 1 heterocycles. The molecule has 1 saturated heterocycles. The minimum absolute atomic E-state index is 0.0294. The Hall–Kier alpha value is -1.30. The molecule has 0 radical (unpaired) electrons. The summed E-state index contributed by atoms with van der Waals surface area (Å²) in [6.45, 7) is 3.14. The van der Waals surface area contributed by atoms with Crippen molar-refractivity contribution in [2.24, 2.45) is 11.8 Å². The average Bonchev–Trinajstić information content (AvgIpc) is 2.83. The van der Waals surface area contributed by atoms with Gasteiger partial charge >= 0.3 is 12.0 Å². The second-order valence-corrected chi connectivity index (χ2v) is 6.34. The average molecular weight is 284 g/mol. The van der Waals surface area contributed by atoms with Gasteiger partial charge in [0.15, 0.2) is 0 Å². The zero-order valence-electron chi connectivity index (χ0n) is 12.0. The van der Waals surface area contributed by atoms with Gasteiger partial charge in [0.1, 0.15) is 0 Å². The monoisotopic (exact) mass is 284 g/mol. The van der Waals surface area contributed by atoms with Crippen molar-refractivity contribution in [1.29, 1.82) is 0 Å². The maximum absolute atomic E-state index is 12.1. The number of β-amino-alcohol motifs (C(OH)–C–C–N with tert-alkyl or cyclic N) is 1. The first-order chi connectivity index (χ1) is 9.39. The highest BCUT2D eigenvalue weighted by Crippen LogP contribution is 2.31. The Bertz CT molecular complexity index is 383. The maximum Gasteiger partial charge on any atom is 0.317 e. The largest absolute Gasteiger partial charge is 0.481 e. The minimum atomic E-state index is -0.813. The van der Waals surface area contributed by atoms with E-state index in [0.29, 0.717) is 32.5 Å². The van der Waals surface area contributed by atoms with Gasteiger partial charge < -0.3 is 20.4 Å². The summed E-state index contributed by atoms with van der Waals surface area (Å²) >= 11 is 0. The minimum Gasteiger partial charge on any atom is -0.481 e. The van der Waals surface area contributed by atoms with Gasteiger partial charge in [-0.15, -0.1) is 0 Å². The van der Waals surface area contributed by atoms with Crippen molar-refractivity contribution in [1.82, 2.24) is 10.2 Å². The van der Waals surface area contributed by atoms with Gasteiger partial charge in [-0.05, 0) is 38.5 Å². The number of aliphatic hydroxyl groups is 1. The predicted octanol–water partition coefficient (Wildman–Crippen LogP) is 1.04. The second-order valence-electron chi connectivity index (χ2n) is 6.34. The number of nitrogens with one attached hydrogen (secondary N) is 1. The number of carboxylic acid groups (broad SMARTS) is 1. The van der Waals surface area contributed by atoms with Crippen LogP contribution >= 0.6 is 0 Å². The normalized spacial score (nSPS) is 34.0. The molecule has 20 heavy (non-hydrogen) atoms. The van der Waals surface area contributed by atoms with Crippen molar-refractivity contribution < 1.29 is 19.8 Å². The molecule has 114 valence electrons. The smallest absolute Gasteiger partial charge is 0.317 e. The Kier molecular flexibility index (Phi) is 4.52. The van der Waals surface area contributed by atoms with Crippen molar-refractivity contribution >= 4 is 12.0 Å². The molecule has 0 aromatic carbocycles. The quantitative estimate of drug-likeness (QED) is 0.722. The molecule has 3 atom stereocenters. The Morgan fingerprint density at radius 2 is 2.10 bits per heavy atom. The van der Waals surface area contributed by atoms with E-state index in [1.165, 1.54) is 0 Å². The fourth-order valence-corrected chi connectivity index (χ4v) is 3.33. The van der Waals surface area contributed by atoms with Crippen molar-refractivity contribution in [3.63, 3.8) is 0 Å². The topological polar surface area (TPSA) is 89.9 Å². The Balaban J connectivity index is 1.81. The van der Waals surface area contributed by atoms with Gasteiger partial charge in [0.25, 0.3) is 0 Å². The molecule has 1 aliphatic heterocycles. The van der Waals surface area contributed by atoms with Crippen molar-refractivity contribution in [3.8, 4) is 0 Å². The maximum atomic E-state index is 12.1. The van der Waals surface area contributed by atoms with Crippen molar-refractivity contribution in [3.05, 3.63) is 0 Å². The zero-order chi connectivity index (χ0) is 14.8. The van der Waals surface area contributed by atoms with Gasteiger partial charge in [0, 0.05) is 13.1 Å². The van der Waals surface area contributed by atoms with E-state index in [1.54, 1.807) is 11.8 Å². The third-order valence-electron chi connectivity index (χ3n) is 4.45. The van der Waals surface area contributed by atoms with E-state index in [0.717, 1.165) is 19.3 Å². The standard InChI is InChI=1S/C14H24N2O4/c1-14(20)6-3-7-16(9-14)13(19)15-8-10-4-2-5-11(10)12(17)18/h10-11,20H,2-9H2,1H3,(H,15,19)(H,17,18). The lowest BCUT2D eigenvalue weighted by molar-refractivity contribution is -0.142. The van der Waals surface area contributed by atoms with Crippen molar-refractivity contribution in [2.75, 3.05) is 19.6 Å². The fourth-order valence-electron chi connectivity index (χ4n) is 3.33. The van der Waals surface area contributed by atoms with Crippen LogP contribution in [0.4, 0.5) is 4.79 Å². The van der Waals surface area contributed by atoms with E-state index in [-0.39, 0.29) is 17.9 Å². The Labute approximate surface area is 119 Å². The number of rotatable bonds is 3. The third-order valence-corrected chi connectivity index (χ3v) is 4.45. The summed E-state index contributed by atoms with van der Waals surface area (Å²) in [6.07, 6.45) is 3.97. The van der Waals surface area contributed by atoms with E-state index in [4.69, 9.17) is 5.11 Å². The molecule has 1 aliphatic carbocycles. The van der Waals surface area contributed by atoms with Crippen LogP contribution in [0, 0.1) is 11.8 Å².